The molecule has 9 rings (SSSR count). The lowest BCUT2D eigenvalue weighted by Crippen LogP contribution is -2.41. The third-order valence-corrected chi connectivity index (χ3v) is 11.6. The number of benzene rings is 5. The normalized spacial score (nSPS) is 20.7. The van der Waals surface area contributed by atoms with Gasteiger partial charge in [0.05, 0.1) is 16.6 Å². The largest absolute Gasteiger partial charge is 0.494 e. The summed E-state index contributed by atoms with van der Waals surface area (Å²) in [6.45, 7) is 8.49. The van der Waals surface area contributed by atoms with Gasteiger partial charge in [-0.25, -0.2) is 0 Å². The van der Waals surface area contributed by atoms with Gasteiger partial charge in [-0.15, -0.1) is 11.3 Å². The van der Waals surface area contributed by atoms with E-state index in [0.717, 1.165) is 5.46 Å². The molecule has 43 heavy (non-hydrogen) atoms. The van der Waals surface area contributed by atoms with Crippen LogP contribution in [0.5, 0.6) is 0 Å². The number of hydrogen-bond donors (Lipinski definition) is 0. The van der Waals surface area contributed by atoms with Crippen molar-refractivity contribution in [1.29, 1.82) is 0 Å². The first kappa shape index (κ1) is 25.5. The minimum atomic E-state index is -0.495. The van der Waals surface area contributed by atoms with Crippen LogP contribution in [0.1, 0.15) is 61.1 Å². The average molecular weight is 575 g/mol. The molecular formula is C39H31BO2S. The molecule has 2 heterocycles. The zero-order valence-corrected chi connectivity index (χ0v) is 25.6. The molecule has 6 aromatic rings. The van der Waals surface area contributed by atoms with Gasteiger partial charge in [0.15, 0.2) is 0 Å². The highest BCUT2D eigenvalue weighted by molar-refractivity contribution is 7.26. The van der Waals surface area contributed by atoms with Crippen molar-refractivity contribution in [3.05, 3.63) is 137 Å². The van der Waals surface area contributed by atoms with Crippen LogP contribution in [0, 0.1) is 0 Å². The summed E-state index contributed by atoms with van der Waals surface area (Å²) >= 11 is 1.91. The van der Waals surface area contributed by atoms with Gasteiger partial charge in [0, 0.05) is 25.7 Å². The van der Waals surface area contributed by atoms with E-state index in [1.807, 2.05) is 11.3 Å². The Morgan fingerprint density at radius 2 is 1.26 bits per heavy atom. The predicted octanol–water partition coefficient (Wildman–Crippen LogP) is 9.20. The van der Waals surface area contributed by atoms with Crippen molar-refractivity contribution in [2.75, 3.05) is 0 Å². The summed E-state index contributed by atoms with van der Waals surface area (Å²) in [6, 6.07) is 38.4. The first-order chi connectivity index (χ1) is 20.8. The van der Waals surface area contributed by atoms with E-state index in [9.17, 15) is 0 Å². The molecule has 1 unspecified atom stereocenters. The molecule has 0 radical (unpaired) electrons. The number of hydrogen-bond acceptors (Lipinski definition) is 3. The highest BCUT2D eigenvalue weighted by atomic mass is 32.1. The van der Waals surface area contributed by atoms with E-state index in [2.05, 4.69) is 143 Å². The summed E-state index contributed by atoms with van der Waals surface area (Å²) in [7, 11) is -0.434. The third-order valence-electron chi connectivity index (χ3n) is 10.4. The Labute approximate surface area is 256 Å². The lowest BCUT2D eigenvalue weighted by Gasteiger charge is -2.35. The Balaban J connectivity index is 1.40. The molecule has 0 bridgehead atoms. The Morgan fingerprint density at radius 1 is 0.581 bits per heavy atom. The van der Waals surface area contributed by atoms with Crippen molar-refractivity contribution in [2.45, 2.75) is 44.3 Å². The van der Waals surface area contributed by atoms with Gasteiger partial charge < -0.3 is 9.31 Å². The van der Waals surface area contributed by atoms with Crippen molar-refractivity contribution in [2.24, 2.45) is 0 Å². The molecule has 1 atom stereocenters. The van der Waals surface area contributed by atoms with Gasteiger partial charge in [0.2, 0.25) is 0 Å². The Bertz CT molecular complexity index is 2150. The van der Waals surface area contributed by atoms with Gasteiger partial charge in [-0.2, -0.15) is 0 Å². The molecular weight excluding hydrogens is 543 g/mol. The van der Waals surface area contributed by atoms with Gasteiger partial charge in [0.25, 0.3) is 0 Å². The van der Waals surface area contributed by atoms with E-state index in [-0.39, 0.29) is 0 Å². The van der Waals surface area contributed by atoms with E-state index in [0.29, 0.717) is 0 Å². The van der Waals surface area contributed by atoms with Gasteiger partial charge >= 0.3 is 7.12 Å². The second-order valence-electron chi connectivity index (χ2n) is 13.1. The van der Waals surface area contributed by atoms with Gasteiger partial charge in [-0.1, -0.05) is 109 Å². The first-order valence-electron chi connectivity index (χ1n) is 15.1. The summed E-state index contributed by atoms with van der Waals surface area (Å²) in [5.41, 5.74) is 10.1. The molecule has 5 aromatic carbocycles. The minimum absolute atomic E-state index is 0.409. The van der Waals surface area contributed by atoms with Crippen LogP contribution in [0.15, 0.2) is 103 Å². The first-order valence-corrected chi connectivity index (χ1v) is 15.9. The number of thiophene rings is 1. The molecule has 208 valence electrons. The van der Waals surface area contributed by atoms with Crippen LogP contribution < -0.4 is 5.46 Å². The smallest absolute Gasteiger partial charge is 0.399 e. The maximum atomic E-state index is 6.58. The van der Waals surface area contributed by atoms with E-state index >= 15 is 0 Å². The maximum absolute atomic E-state index is 6.58. The van der Waals surface area contributed by atoms with E-state index in [1.165, 1.54) is 64.7 Å². The highest BCUT2D eigenvalue weighted by Crippen LogP contribution is 2.60. The van der Waals surface area contributed by atoms with Crippen LogP contribution in [0.4, 0.5) is 0 Å². The van der Waals surface area contributed by atoms with Crippen molar-refractivity contribution >= 4 is 56.2 Å². The molecule has 1 saturated heterocycles. The lowest BCUT2D eigenvalue weighted by molar-refractivity contribution is 0.00578. The fraction of sp³-hybridized carbons (Fsp3) is 0.179. The van der Waals surface area contributed by atoms with Crippen LogP contribution in [0.3, 0.4) is 0 Å². The van der Waals surface area contributed by atoms with Gasteiger partial charge in [-0.3, -0.25) is 0 Å². The van der Waals surface area contributed by atoms with Crippen LogP contribution in [0.2, 0.25) is 0 Å². The fourth-order valence-corrected chi connectivity index (χ4v) is 8.86. The van der Waals surface area contributed by atoms with Crippen molar-refractivity contribution in [1.82, 2.24) is 0 Å². The standard InChI is InChI=1S/C39H31BO2S/c1-37(2)38(3,4)42-40(41-37)26-20-19-25-18-17-24-11-5-8-14-30(24)39(33(25)23-26)31-15-9-6-13-29(31)35-32(39)22-21-28-27-12-7-10-16-34(27)43-36(28)35/h5-23H,1-4H3. The third kappa shape index (κ3) is 3.26. The topological polar surface area (TPSA) is 18.5 Å². The van der Waals surface area contributed by atoms with E-state index in [4.69, 9.17) is 9.31 Å². The van der Waals surface area contributed by atoms with Gasteiger partial charge in [0.1, 0.15) is 0 Å². The zero-order valence-electron chi connectivity index (χ0n) is 24.8. The van der Waals surface area contributed by atoms with Crippen LogP contribution in [-0.2, 0) is 14.7 Å². The van der Waals surface area contributed by atoms with Crippen molar-refractivity contribution < 1.29 is 9.31 Å². The molecule has 1 aromatic heterocycles. The molecule has 0 amide bonds. The van der Waals surface area contributed by atoms with Crippen LogP contribution in [0.25, 0.3) is 43.5 Å². The predicted molar refractivity (Wildman–Crippen MR) is 181 cm³/mol. The molecule has 3 aliphatic rings. The SMILES string of the molecule is CC1(C)OB(c2ccc3c(c2)C2(c4ccccc4C=C3)c3ccccc3-c3c2ccc2c3sc3ccccc32)OC1(C)C. The Kier molecular flexibility index (Phi) is 5.09. The van der Waals surface area contributed by atoms with E-state index in [1.54, 1.807) is 0 Å². The maximum Gasteiger partial charge on any atom is 0.494 e. The molecule has 4 heteroatoms. The zero-order chi connectivity index (χ0) is 29.1. The molecule has 2 aliphatic carbocycles. The summed E-state index contributed by atoms with van der Waals surface area (Å²) in [4.78, 5) is 0. The molecule has 2 nitrogen and oxygen atoms in total. The second kappa shape index (κ2) is 8.57. The van der Waals surface area contributed by atoms with Gasteiger partial charge in [-0.05, 0) is 78.2 Å². The molecule has 1 spiro atoms. The Morgan fingerprint density at radius 3 is 2.07 bits per heavy atom. The number of fused-ring (bicyclic) bond motifs is 13. The second-order valence-corrected chi connectivity index (χ2v) is 14.2. The summed E-state index contributed by atoms with van der Waals surface area (Å²) in [5, 5.41) is 2.66. The summed E-state index contributed by atoms with van der Waals surface area (Å²) in [5.74, 6) is 0. The average Bonchev–Trinajstić information content (AvgIpc) is 3.56. The summed E-state index contributed by atoms with van der Waals surface area (Å²) in [6.07, 6.45) is 4.57. The number of rotatable bonds is 1. The minimum Gasteiger partial charge on any atom is -0.399 e. The van der Waals surface area contributed by atoms with Crippen molar-refractivity contribution in [3.63, 3.8) is 0 Å². The molecule has 1 fully saturated rings. The van der Waals surface area contributed by atoms with Crippen LogP contribution >= 0.6 is 11.3 Å². The monoisotopic (exact) mass is 574 g/mol. The molecule has 0 N–H and O–H groups in total. The quantitative estimate of drug-likeness (QED) is 0.182. The van der Waals surface area contributed by atoms with Crippen LogP contribution in [-0.4, -0.2) is 18.3 Å². The molecule has 1 aliphatic heterocycles. The lowest BCUT2D eigenvalue weighted by atomic mass is 9.64. The summed E-state index contributed by atoms with van der Waals surface area (Å²) < 4.78 is 15.9. The Hall–Kier alpha value is -3.96. The van der Waals surface area contributed by atoms with E-state index < -0.39 is 23.7 Å². The highest BCUT2D eigenvalue weighted by Gasteiger charge is 2.53. The molecule has 0 saturated carbocycles. The van der Waals surface area contributed by atoms with Crippen molar-refractivity contribution in [3.8, 4) is 11.1 Å². The fourth-order valence-electron chi connectivity index (χ4n) is 7.60.